The summed E-state index contributed by atoms with van der Waals surface area (Å²) in [5.41, 5.74) is 1.76. The Labute approximate surface area is 217 Å². The van der Waals surface area contributed by atoms with Gasteiger partial charge in [0.2, 0.25) is 11.8 Å². The van der Waals surface area contributed by atoms with E-state index in [1.165, 1.54) is 31.7 Å². The molecular weight excluding hydrogens is 495 g/mol. The van der Waals surface area contributed by atoms with Crippen molar-refractivity contribution in [3.8, 4) is 0 Å². The molecule has 2 heterocycles. The molecular formula is C27H33FN4O4S. The minimum atomic E-state index is -3.55. The molecule has 8 nitrogen and oxygen atoms in total. The van der Waals surface area contributed by atoms with Crippen molar-refractivity contribution in [3.63, 3.8) is 0 Å². The van der Waals surface area contributed by atoms with Crippen molar-refractivity contribution in [2.75, 3.05) is 31.1 Å². The van der Waals surface area contributed by atoms with Crippen molar-refractivity contribution < 1.29 is 22.4 Å². The van der Waals surface area contributed by atoms with Gasteiger partial charge in [-0.05, 0) is 49.1 Å². The molecule has 1 aliphatic carbocycles. The summed E-state index contributed by atoms with van der Waals surface area (Å²) in [5, 5.41) is 3.16. The number of rotatable bonds is 8. The van der Waals surface area contributed by atoms with Crippen LogP contribution < -0.4 is 10.2 Å². The molecule has 3 aliphatic rings. The number of carbonyl (C=O) groups excluding carboxylic acids is 2. The first-order chi connectivity index (χ1) is 17.8. The van der Waals surface area contributed by atoms with Crippen LogP contribution in [0.5, 0.6) is 0 Å². The van der Waals surface area contributed by atoms with Gasteiger partial charge in [-0.1, -0.05) is 49.6 Å². The lowest BCUT2D eigenvalue weighted by Gasteiger charge is -2.42. The first-order valence-electron chi connectivity index (χ1n) is 13.0. The van der Waals surface area contributed by atoms with Crippen molar-refractivity contribution >= 4 is 27.7 Å². The summed E-state index contributed by atoms with van der Waals surface area (Å²) in [6.45, 7) is 2.93. The van der Waals surface area contributed by atoms with Gasteiger partial charge in [0.25, 0.3) is 10.2 Å². The Bertz CT molecular complexity index is 1270. The Kier molecular flexibility index (Phi) is 7.33. The standard InChI is InChI=1S/C27H33FN4O4S/c1-19-8-5-6-13-24(19)25(26(33)29-22-10-3-2-4-11-22)32(23-12-7-9-21(28)16-23)27(34)20-17-31(18-20)37(35,36)30-14-15-30/h5-9,12-13,16,20,22,25H,2-4,10-11,14-15,17-18H2,1H3,(H,29,33)/t25-/m0/s1. The second-order valence-corrected chi connectivity index (χ2v) is 12.1. The second kappa shape index (κ2) is 10.5. The number of aryl methyl sites for hydroxylation is 1. The summed E-state index contributed by atoms with van der Waals surface area (Å²) in [6.07, 6.45) is 4.98. The smallest absolute Gasteiger partial charge is 0.282 e. The van der Waals surface area contributed by atoms with E-state index in [0.29, 0.717) is 18.7 Å². The van der Waals surface area contributed by atoms with E-state index >= 15 is 0 Å². The summed E-state index contributed by atoms with van der Waals surface area (Å²) in [7, 11) is -3.55. The van der Waals surface area contributed by atoms with E-state index in [9.17, 15) is 22.4 Å². The molecule has 0 aromatic heterocycles. The quantitative estimate of drug-likeness (QED) is 0.533. The van der Waals surface area contributed by atoms with Gasteiger partial charge in [0, 0.05) is 37.9 Å². The van der Waals surface area contributed by atoms with E-state index in [0.717, 1.165) is 37.7 Å². The third-order valence-corrected chi connectivity index (χ3v) is 9.49. The van der Waals surface area contributed by atoms with Crippen molar-refractivity contribution in [3.05, 3.63) is 65.5 Å². The third kappa shape index (κ3) is 5.42. The number of nitrogens with zero attached hydrogens (tertiary/aromatic N) is 3. The van der Waals surface area contributed by atoms with Crippen LogP contribution in [0, 0.1) is 18.7 Å². The zero-order valence-electron chi connectivity index (χ0n) is 21.0. The van der Waals surface area contributed by atoms with Crippen molar-refractivity contribution in [2.24, 2.45) is 5.92 Å². The van der Waals surface area contributed by atoms with Crippen LogP contribution in [0.2, 0.25) is 0 Å². The lowest BCUT2D eigenvalue weighted by molar-refractivity contribution is -0.130. The van der Waals surface area contributed by atoms with Gasteiger partial charge in [-0.2, -0.15) is 17.0 Å². The average Bonchev–Trinajstić information content (AvgIpc) is 3.69. The molecule has 2 aliphatic heterocycles. The Morgan fingerprint density at radius 3 is 2.35 bits per heavy atom. The van der Waals surface area contributed by atoms with Crippen LogP contribution in [-0.2, 0) is 19.8 Å². The second-order valence-electron chi connectivity index (χ2n) is 10.2. The molecule has 0 spiro atoms. The molecule has 1 atom stereocenters. The summed E-state index contributed by atoms with van der Waals surface area (Å²) >= 11 is 0. The van der Waals surface area contributed by atoms with Gasteiger partial charge in [-0.3, -0.25) is 14.5 Å². The third-order valence-electron chi connectivity index (χ3n) is 7.52. The highest BCUT2D eigenvalue weighted by Crippen LogP contribution is 2.35. The van der Waals surface area contributed by atoms with Gasteiger partial charge in [0.15, 0.2) is 0 Å². The molecule has 37 heavy (non-hydrogen) atoms. The normalized spacial score (nSPS) is 20.2. The number of hydrogen-bond acceptors (Lipinski definition) is 4. The molecule has 3 fully saturated rings. The van der Waals surface area contributed by atoms with Crippen LogP contribution in [0.4, 0.5) is 10.1 Å². The van der Waals surface area contributed by atoms with Gasteiger partial charge < -0.3 is 5.32 Å². The number of amides is 2. The zero-order valence-corrected chi connectivity index (χ0v) is 21.8. The SMILES string of the molecule is Cc1ccccc1[C@@H](C(=O)NC1CCCCC1)N(C(=O)C1CN(S(=O)(=O)N2CC2)C1)c1cccc(F)c1. The minimum absolute atomic E-state index is 0.0224. The van der Waals surface area contributed by atoms with Crippen molar-refractivity contribution in [1.82, 2.24) is 13.9 Å². The van der Waals surface area contributed by atoms with Crippen molar-refractivity contribution in [2.45, 2.75) is 51.1 Å². The monoisotopic (exact) mass is 528 g/mol. The molecule has 0 unspecified atom stereocenters. The molecule has 0 bridgehead atoms. The van der Waals surface area contributed by atoms with Crippen LogP contribution in [-0.4, -0.2) is 61.1 Å². The van der Waals surface area contributed by atoms with E-state index in [2.05, 4.69) is 5.32 Å². The van der Waals surface area contributed by atoms with Gasteiger partial charge >= 0.3 is 0 Å². The number of anilines is 1. The molecule has 1 saturated carbocycles. The lowest BCUT2D eigenvalue weighted by Crippen LogP contribution is -2.59. The maximum absolute atomic E-state index is 14.4. The Morgan fingerprint density at radius 1 is 1.00 bits per heavy atom. The summed E-state index contributed by atoms with van der Waals surface area (Å²) in [6, 6.07) is 12.1. The highest BCUT2D eigenvalue weighted by Gasteiger charge is 2.48. The number of hydrogen-bond donors (Lipinski definition) is 1. The molecule has 2 amide bonds. The fourth-order valence-corrected chi connectivity index (χ4v) is 6.87. The Balaban J connectivity index is 1.49. The van der Waals surface area contributed by atoms with Crippen LogP contribution in [0.1, 0.15) is 49.3 Å². The van der Waals surface area contributed by atoms with Crippen LogP contribution >= 0.6 is 0 Å². The highest BCUT2D eigenvalue weighted by atomic mass is 32.2. The predicted octanol–water partition coefficient (Wildman–Crippen LogP) is 3.15. The molecule has 1 N–H and O–H groups in total. The minimum Gasteiger partial charge on any atom is -0.351 e. The number of benzene rings is 2. The molecule has 198 valence electrons. The summed E-state index contributed by atoms with van der Waals surface area (Å²) in [5.74, 6) is -1.86. The molecule has 5 rings (SSSR count). The molecule has 10 heteroatoms. The number of carbonyl (C=O) groups is 2. The first kappa shape index (κ1) is 25.8. The largest absolute Gasteiger partial charge is 0.351 e. The maximum atomic E-state index is 14.4. The van der Waals surface area contributed by atoms with Gasteiger partial charge in [0.1, 0.15) is 11.9 Å². The van der Waals surface area contributed by atoms with Gasteiger partial charge in [0.05, 0.1) is 5.92 Å². The van der Waals surface area contributed by atoms with Crippen molar-refractivity contribution in [1.29, 1.82) is 0 Å². The average molecular weight is 529 g/mol. The molecule has 0 radical (unpaired) electrons. The lowest BCUT2D eigenvalue weighted by atomic mass is 9.92. The predicted molar refractivity (Wildman–Crippen MR) is 138 cm³/mol. The first-order valence-corrected chi connectivity index (χ1v) is 14.3. The Hall–Kier alpha value is -2.82. The van der Waals surface area contributed by atoms with Gasteiger partial charge in [-0.25, -0.2) is 4.39 Å². The molecule has 2 aromatic rings. The zero-order chi connectivity index (χ0) is 26.2. The summed E-state index contributed by atoms with van der Waals surface area (Å²) < 4.78 is 42.2. The van der Waals surface area contributed by atoms with E-state index in [1.807, 2.05) is 31.2 Å². The number of halogens is 1. The van der Waals surface area contributed by atoms with E-state index in [4.69, 9.17) is 0 Å². The van der Waals surface area contributed by atoms with E-state index < -0.39 is 33.9 Å². The van der Waals surface area contributed by atoms with Crippen LogP contribution in [0.25, 0.3) is 0 Å². The van der Waals surface area contributed by atoms with E-state index in [1.54, 1.807) is 6.07 Å². The fraction of sp³-hybridized carbons (Fsp3) is 0.481. The molecule has 2 aromatic carbocycles. The maximum Gasteiger partial charge on any atom is 0.282 e. The fourth-order valence-electron chi connectivity index (χ4n) is 5.26. The van der Waals surface area contributed by atoms with Crippen LogP contribution in [0.15, 0.2) is 48.5 Å². The highest BCUT2D eigenvalue weighted by molar-refractivity contribution is 7.87. The van der Waals surface area contributed by atoms with Crippen LogP contribution in [0.3, 0.4) is 0 Å². The topological polar surface area (TPSA) is 89.8 Å². The summed E-state index contributed by atoms with van der Waals surface area (Å²) in [4.78, 5) is 29.3. The van der Waals surface area contributed by atoms with E-state index in [-0.39, 0.29) is 30.7 Å². The number of nitrogens with one attached hydrogen (secondary N) is 1. The van der Waals surface area contributed by atoms with Gasteiger partial charge in [-0.15, -0.1) is 0 Å². The Morgan fingerprint density at radius 2 is 1.70 bits per heavy atom. The molecule has 2 saturated heterocycles.